The van der Waals surface area contributed by atoms with Gasteiger partial charge in [-0.2, -0.15) is 0 Å². The summed E-state index contributed by atoms with van der Waals surface area (Å²) in [6.07, 6.45) is -0.127. The molecule has 3 atom stereocenters. The first kappa shape index (κ1) is 30.0. The number of hydrogen-bond donors (Lipinski definition) is 5. The van der Waals surface area contributed by atoms with E-state index in [4.69, 9.17) is 49.5 Å². The highest BCUT2D eigenvalue weighted by Gasteiger charge is 2.38. The average molecular weight is 521 g/mol. The Balaban J connectivity index is 0.000000668. The lowest BCUT2D eigenvalue weighted by Gasteiger charge is -2.31. The molecule has 1 aliphatic rings. The Morgan fingerprint density at radius 1 is 1.17 bits per heavy atom. The van der Waals surface area contributed by atoms with Crippen molar-refractivity contribution in [2.45, 2.75) is 46.8 Å². The highest BCUT2D eigenvalue weighted by molar-refractivity contribution is 7.53. The normalized spacial score (nSPS) is 22.8. The van der Waals surface area contributed by atoms with Crippen molar-refractivity contribution >= 4 is 36.9 Å². The van der Waals surface area contributed by atoms with E-state index in [1.807, 2.05) is 11.5 Å². The molecule has 0 amide bonds. The minimum Gasteiger partial charge on any atom is -0.450 e. The Hall–Kier alpha value is -3.00. The molecule has 0 radical (unpaired) electrons. The summed E-state index contributed by atoms with van der Waals surface area (Å²) in [4.78, 5) is 29.5. The first-order valence-electron chi connectivity index (χ1n) is 10.4. The summed E-state index contributed by atoms with van der Waals surface area (Å²) in [5, 5.41) is 27.9. The van der Waals surface area contributed by atoms with E-state index in [9.17, 15) is 4.57 Å². The third-order valence-electron chi connectivity index (χ3n) is 5.35. The number of aromatic nitrogens is 4. The highest BCUT2D eigenvalue weighted by Crippen LogP contribution is 2.53. The van der Waals surface area contributed by atoms with E-state index in [2.05, 4.69) is 35.7 Å². The number of imidazole rings is 1. The number of carboxylic acid groups (broad SMARTS) is 4. The molecule has 0 bridgehead atoms. The molecule has 0 aliphatic carbocycles. The number of fused-ring (bicyclic) bond motifs is 1. The smallest absolute Gasteiger partial charge is 0.450 e. The van der Waals surface area contributed by atoms with E-state index in [1.54, 1.807) is 6.33 Å². The topological polar surface area (TPSA) is 229 Å². The second-order valence-corrected chi connectivity index (χ2v) is 10.3. The fourth-order valence-corrected chi connectivity index (χ4v) is 4.41. The van der Waals surface area contributed by atoms with Crippen LogP contribution in [0.25, 0.3) is 11.2 Å². The molecule has 3 heterocycles. The summed E-state index contributed by atoms with van der Waals surface area (Å²) < 4.78 is 31.8. The van der Waals surface area contributed by atoms with Crippen molar-refractivity contribution in [2.24, 2.45) is 11.3 Å². The molecule has 35 heavy (non-hydrogen) atoms. The van der Waals surface area contributed by atoms with Crippen LogP contribution >= 0.6 is 7.60 Å². The van der Waals surface area contributed by atoms with Gasteiger partial charge in [0.1, 0.15) is 18.2 Å². The van der Waals surface area contributed by atoms with Gasteiger partial charge in [0, 0.05) is 0 Å². The number of hydrogen-bond acceptors (Lipinski definition) is 10. The molecule has 0 spiro atoms. The summed E-state index contributed by atoms with van der Waals surface area (Å²) in [5.74, 6) is 0.752. The van der Waals surface area contributed by atoms with Crippen molar-refractivity contribution in [3.05, 3.63) is 12.7 Å². The number of nitrogens with two attached hydrogens (primary N) is 1. The van der Waals surface area contributed by atoms with Gasteiger partial charge in [-0.25, -0.2) is 24.5 Å². The summed E-state index contributed by atoms with van der Waals surface area (Å²) in [5.41, 5.74) is 6.95. The molecule has 2 aromatic rings. The summed E-state index contributed by atoms with van der Waals surface area (Å²) in [6.45, 7) is 9.61. The van der Waals surface area contributed by atoms with Crippen molar-refractivity contribution in [3.63, 3.8) is 0 Å². The van der Waals surface area contributed by atoms with E-state index in [-0.39, 0.29) is 17.9 Å². The van der Waals surface area contributed by atoms with Crippen LogP contribution in [0.15, 0.2) is 12.7 Å². The zero-order chi connectivity index (χ0) is 26.8. The number of rotatable bonds is 6. The SMILES string of the molecule is CC(C)C1(C)CCOP(=O)(CO[C@@H](C)Cn2cnc3c(N)ncnc32)OC1.O=C(O)O.O=C(O)O. The number of anilines is 1. The van der Waals surface area contributed by atoms with Gasteiger partial charge in [0.05, 0.1) is 32.2 Å². The van der Waals surface area contributed by atoms with E-state index >= 15 is 0 Å². The maximum atomic E-state index is 12.9. The van der Waals surface area contributed by atoms with Crippen molar-refractivity contribution in [1.82, 2.24) is 19.5 Å². The average Bonchev–Trinajstić information content (AvgIpc) is 3.06. The molecule has 0 saturated carbocycles. The zero-order valence-electron chi connectivity index (χ0n) is 19.9. The van der Waals surface area contributed by atoms with Crippen LogP contribution in [0.2, 0.25) is 0 Å². The predicted octanol–water partition coefficient (Wildman–Crippen LogP) is 3.51. The fourth-order valence-electron chi connectivity index (χ4n) is 2.88. The molecule has 1 aliphatic heterocycles. The van der Waals surface area contributed by atoms with Gasteiger partial charge in [-0.3, -0.25) is 4.57 Å². The molecule has 1 fully saturated rings. The first-order valence-corrected chi connectivity index (χ1v) is 12.2. The Bertz CT molecular complexity index is 1010. The van der Waals surface area contributed by atoms with Crippen molar-refractivity contribution in [1.29, 1.82) is 0 Å². The minimum absolute atomic E-state index is 0.0485. The largest absolute Gasteiger partial charge is 0.503 e. The lowest BCUT2D eigenvalue weighted by Crippen LogP contribution is -2.28. The van der Waals surface area contributed by atoms with Crippen LogP contribution in [0.4, 0.5) is 15.4 Å². The molecular weight excluding hydrogens is 489 g/mol. The maximum absolute atomic E-state index is 12.9. The van der Waals surface area contributed by atoms with Crippen molar-refractivity contribution in [2.75, 3.05) is 25.3 Å². The van der Waals surface area contributed by atoms with Crippen LogP contribution in [0, 0.1) is 11.3 Å². The van der Waals surface area contributed by atoms with E-state index in [0.29, 0.717) is 42.7 Å². The third-order valence-corrected chi connectivity index (χ3v) is 6.91. The molecule has 15 nitrogen and oxygen atoms in total. The lowest BCUT2D eigenvalue weighted by atomic mass is 9.77. The van der Waals surface area contributed by atoms with Gasteiger partial charge in [0.15, 0.2) is 11.5 Å². The summed E-state index contributed by atoms with van der Waals surface area (Å²) in [7, 11) is -3.27. The highest BCUT2D eigenvalue weighted by atomic mass is 31.2. The first-order chi connectivity index (χ1) is 16.2. The Kier molecular flexibility index (Phi) is 11.3. The molecule has 2 aromatic heterocycles. The Morgan fingerprint density at radius 2 is 1.77 bits per heavy atom. The molecule has 2 unspecified atom stereocenters. The standard InChI is InChI=1S/C17H28N5O4P.2CH2O3/c1-12(2)17(4)5-6-25-27(23,26-8-17)11-24-13(3)7-22-10-21-14-15(18)19-9-20-16(14)22;2*2-1(3)4/h9-10,12-13H,5-8,11H2,1-4H3,(H2,18,19,20);2*(H2,2,3,4)/t13-,17?,27?;;/m0../s1. The van der Waals surface area contributed by atoms with Crippen LogP contribution in [0.3, 0.4) is 0 Å². The Labute approximate surface area is 201 Å². The van der Waals surface area contributed by atoms with Gasteiger partial charge in [0.25, 0.3) is 0 Å². The van der Waals surface area contributed by atoms with Crippen LogP contribution in [0.5, 0.6) is 0 Å². The lowest BCUT2D eigenvalue weighted by molar-refractivity contribution is 0.0644. The van der Waals surface area contributed by atoms with E-state index in [0.717, 1.165) is 6.42 Å². The molecule has 0 aromatic carbocycles. The summed E-state index contributed by atoms with van der Waals surface area (Å²) >= 11 is 0. The van der Waals surface area contributed by atoms with Gasteiger partial charge in [-0.1, -0.05) is 20.8 Å². The van der Waals surface area contributed by atoms with Gasteiger partial charge < -0.3 is 44.5 Å². The van der Waals surface area contributed by atoms with Gasteiger partial charge in [-0.05, 0) is 24.7 Å². The number of nitrogens with zero attached hydrogens (tertiary/aromatic N) is 4. The van der Waals surface area contributed by atoms with E-state index in [1.165, 1.54) is 6.33 Å². The van der Waals surface area contributed by atoms with Crippen LogP contribution in [-0.4, -0.2) is 77.9 Å². The Morgan fingerprint density at radius 3 is 2.34 bits per heavy atom. The molecule has 198 valence electrons. The molecule has 1 saturated heterocycles. The second kappa shape index (κ2) is 13.2. The monoisotopic (exact) mass is 521 g/mol. The number of ether oxygens (including phenoxy) is 1. The minimum atomic E-state index is -3.27. The molecule has 6 N–H and O–H groups in total. The second-order valence-electron chi connectivity index (χ2n) is 8.28. The predicted molar refractivity (Wildman–Crippen MR) is 124 cm³/mol. The van der Waals surface area contributed by atoms with Crippen LogP contribution in [0.1, 0.15) is 34.1 Å². The van der Waals surface area contributed by atoms with Gasteiger partial charge in [0.2, 0.25) is 0 Å². The zero-order valence-corrected chi connectivity index (χ0v) is 20.8. The number of nitrogen functional groups attached to an aromatic ring is 1. The van der Waals surface area contributed by atoms with Gasteiger partial charge >= 0.3 is 19.9 Å². The quantitative estimate of drug-likeness (QED) is 0.343. The van der Waals surface area contributed by atoms with Crippen LogP contribution in [-0.2, 0) is 24.9 Å². The maximum Gasteiger partial charge on any atom is 0.503 e. The van der Waals surface area contributed by atoms with E-state index < -0.39 is 19.9 Å². The third kappa shape index (κ3) is 10.0. The number of carbonyl (C=O) groups is 2. The van der Waals surface area contributed by atoms with Gasteiger partial charge in [-0.15, -0.1) is 0 Å². The van der Waals surface area contributed by atoms with Crippen molar-refractivity contribution < 1.29 is 48.4 Å². The van der Waals surface area contributed by atoms with Crippen LogP contribution < -0.4 is 5.73 Å². The van der Waals surface area contributed by atoms with Crippen molar-refractivity contribution in [3.8, 4) is 0 Å². The molecular formula is C19H32N5O10P. The molecule has 3 rings (SSSR count). The molecule has 16 heteroatoms. The fraction of sp³-hybridized carbons (Fsp3) is 0.632. The summed E-state index contributed by atoms with van der Waals surface area (Å²) in [6, 6.07) is 0.